The maximum absolute atomic E-state index is 11.6. The van der Waals surface area contributed by atoms with Crippen LogP contribution in [0.1, 0.15) is 33.1 Å². The van der Waals surface area contributed by atoms with Gasteiger partial charge in [-0.25, -0.2) is 0 Å². The lowest BCUT2D eigenvalue weighted by Gasteiger charge is -2.25. The summed E-state index contributed by atoms with van der Waals surface area (Å²) in [5, 5.41) is 6.80. The smallest absolute Gasteiger partial charge is 0.323 e. The Bertz CT molecular complexity index is 211. The predicted molar refractivity (Wildman–Crippen MR) is 64.3 cm³/mol. The van der Waals surface area contributed by atoms with Crippen molar-refractivity contribution in [2.75, 3.05) is 20.2 Å². The Kier molecular flexibility index (Phi) is 5.77. The van der Waals surface area contributed by atoms with Gasteiger partial charge in [-0.1, -0.05) is 13.8 Å². The molecule has 1 saturated heterocycles. The van der Waals surface area contributed by atoms with Crippen molar-refractivity contribution in [3.05, 3.63) is 0 Å². The van der Waals surface area contributed by atoms with Gasteiger partial charge >= 0.3 is 5.97 Å². The van der Waals surface area contributed by atoms with Crippen molar-refractivity contribution < 1.29 is 9.53 Å². The number of ether oxygens (including phenoxy) is 1. The zero-order chi connectivity index (χ0) is 12.0. The fraction of sp³-hybridized carbons (Fsp3) is 0.917. The van der Waals surface area contributed by atoms with Crippen molar-refractivity contribution in [3.8, 4) is 0 Å². The molecule has 1 fully saturated rings. The van der Waals surface area contributed by atoms with E-state index in [0.717, 1.165) is 25.9 Å². The van der Waals surface area contributed by atoms with Crippen molar-refractivity contribution >= 4 is 5.97 Å². The van der Waals surface area contributed by atoms with Crippen molar-refractivity contribution in [2.45, 2.75) is 45.2 Å². The summed E-state index contributed by atoms with van der Waals surface area (Å²) in [6.45, 7) is 6.21. The van der Waals surface area contributed by atoms with Gasteiger partial charge < -0.3 is 15.4 Å². The Balaban J connectivity index is 2.49. The summed E-state index contributed by atoms with van der Waals surface area (Å²) in [5.74, 6) is 0.121. The summed E-state index contributed by atoms with van der Waals surface area (Å²) < 4.78 is 4.83. The van der Waals surface area contributed by atoms with E-state index in [4.69, 9.17) is 4.74 Å². The molecular formula is C12H24N2O2. The first-order valence-corrected chi connectivity index (χ1v) is 6.19. The Morgan fingerprint density at radius 3 is 2.75 bits per heavy atom. The third-order valence-corrected chi connectivity index (χ3v) is 3.11. The molecule has 0 saturated carbocycles. The molecule has 4 heteroatoms. The highest BCUT2D eigenvalue weighted by molar-refractivity contribution is 5.75. The Labute approximate surface area is 98.1 Å². The molecule has 2 atom stereocenters. The predicted octanol–water partition coefficient (Wildman–Crippen LogP) is 0.916. The Hall–Kier alpha value is -0.610. The SMILES string of the molecule is COC(=O)C(NC1CCCNCC1)C(C)C. The van der Waals surface area contributed by atoms with Crippen LogP contribution in [0.4, 0.5) is 0 Å². The fourth-order valence-corrected chi connectivity index (χ4v) is 2.10. The average molecular weight is 228 g/mol. The van der Waals surface area contributed by atoms with Gasteiger partial charge in [0.25, 0.3) is 0 Å². The van der Waals surface area contributed by atoms with Crippen LogP contribution >= 0.6 is 0 Å². The van der Waals surface area contributed by atoms with E-state index in [-0.39, 0.29) is 17.9 Å². The van der Waals surface area contributed by atoms with Crippen LogP contribution in [0, 0.1) is 5.92 Å². The second kappa shape index (κ2) is 6.86. The summed E-state index contributed by atoms with van der Waals surface area (Å²) in [7, 11) is 1.45. The van der Waals surface area contributed by atoms with E-state index >= 15 is 0 Å². The van der Waals surface area contributed by atoms with Crippen LogP contribution in [0.3, 0.4) is 0 Å². The number of hydrogen-bond donors (Lipinski definition) is 2. The minimum Gasteiger partial charge on any atom is -0.468 e. The first kappa shape index (κ1) is 13.5. The van der Waals surface area contributed by atoms with Gasteiger partial charge in [0.15, 0.2) is 0 Å². The molecule has 16 heavy (non-hydrogen) atoms. The third kappa shape index (κ3) is 4.10. The lowest BCUT2D eigenvalue weighted by atomic mass is 10.0. The average Bonchev–Trinajstić information content (AvgIpc) is 2.52. The summed E-state index contributed by atoms with van der Waals surface area (Å²) in [5.41, 5.74) is 0. The summed E-state index contributed by atoms with van der Waals surface area (Å²) in [6, 6.07) is 0.259. The van der Waals surface area contributed by atoms with E-state index in [0.29, 0.717) is 6.04 Å². The highest BCUT2D eigenvalue weighted by Crippen LogP contribution is 2.10. The second-order valence-corrected chi connectivity index (χ2v) is 4.79. The Morgan fingerprint density at radius 1 is 1.38 bits per heavy atom. The third-order valence-electron chi connectivity index (χ3n) is 3.11. The van der Waals surface area contributed by atoms with Crippen LogP contribution in [-0.4, -0.2) is 38.3 Å². The zero-order valence-electron chi connectivity index (χ0n) is 10.6. The zero-order valence-corrected chi connectivity index (χ0v) is 10.6. The minimum absolute atomic E-state index is 0.146. The molecule has 1 rings (SSSR count). The molecule has 94 valence electrons. The molecule has 0 bridgehead atoms. The van der Waals surface area contributed by atoms with Gasteiger partial charge in [0.05, 0.1) is 7.11 Å². The van der Waals surface area contributed by atoms with Gasteiger partial charge in [0, 0.05) is 6.04 Å². The van der Waals surface area contributed by atoms with Crippen molar-refractivity contribution in [2.24, 2.45) is 5.92 Å². The normalized spacial score (nSPS) is 23.9. The number of carbonyl (C=O) groups is 1. The van der Waals surface area contributed by atoms with Gasteiger partial charge in [-0.05, 0) is 38.3 Å². The molecular weight excluding hydrogens is 204 g/mol. The quantitative estimate of drug-likeness (QED) is 0.702. The van der Waals surface area contributed by atoms with Crippen molar-refractivity contribution in [1.29, 1.82) is 0 Å². The molecule has 2 N–H and O–H groups in total. The molecule has 0 amide bonds. The monoisotopic (exact) mass is 228 g/mol. The van der Waals surface area contributed by atoms with Gasteiger partial charge in [-0.2, -0.15) is 0 Å². The van der Waals surface area contributed by atoms with Crippen LogP contribution in [-0.2, 0) is 9.53 Å². The van der Waals surface area contributed by atoms with E-state index in [1.165, 1.54) is 13.5 Å². The molecule has 0 aromatic carbocycles. The number of rotatable bonds is 4. The van der Waals surface area contributed by atoms with Gasteiger partial charge in [-0.15, -0.1) is 0 Å². The number of esters is 1. The van der Waals surface area contributed by atoms with E-state index < -0.39 is 0 Å². The maximum atomic E-state index is 11.6. The molecule has 1 aliphatic rings. The van der Waals surface area contributed by atoms with Crippen LogP contribution in [0.25, 0.3) is 0 Å². The fourth-order valence-electron chi connectivity index (χ4n) is 2.10. The number of methoxy groups -OCH3 is 1. The maximum Gasteiger partial charge on any atom is 0.323 e. The number of hydrogen-bond acceptors (Lipinski definition) is 4. The van der Waals surface area contributed by atoms with Crippen molar-refractivity contribution in [3.63, 3.8) is 0 Å². The van der Waals surface area contributed by atoms with E-state index in [2.05, 4.69) is 10.6 Å². The standard InChI is InChI=1S/C12H24N2O2/c1-9(2)11(12(15)16-3)14-10-5-4-7-13-8-6-10/h9-11,13-14H,4-8H2,1-3H3. The Morgan fingerprint density at radius 2 is 2.12 bits per heavy atom. The first-order valence-electron chi connectivity index (χ1n) is 6.19. The molecule has 0 radical (unpaired) electrons. The van der Waals surface area contributed by atoms with Crippen LogP contribution in [0.5, 0.6) is 0 Å². The van der Waals surface area contributed by atoms with Crippen LogP contribution < -0.4 is 10.6 Å². The van der Waals surface area contributed by atoms with Crippen LogP contribution in [0.15, 0.2) is 0 Å². The molecule has 0 spiro atoms. The molecule has 2 unspecified atom stereocenters. The molecule has 4 nitrogen and oxygen atoms in total. The number of carbonyl (C=O) groups excluding carboxylic acids is 1. The largest absolute Gasteiger partial charge is 0.468 e. The lowest BCUT2D eigenvalue weighted by Crippen LogP contribution is -2.47. The molecule has 0 aromatic rings. The number of nitrogens with one attached hydrogen (secondary N) is 2. The highest BCUT2D eigenvalue weighted by atomic mass is 16.5. The van der Waals surface area contributed by atoms with Crippen LogP contribution in [0.2, 0.25) is 0 Å². The topological polar surface area (TPSA) is 50.4 Å². The second-order valence-electron chi connectivity index (χ2n) is 4.79. The van der Waals surface area contributed by atoms with Gasteiger partial charge in [0.2, 0.25) is 0 Å². The summed E-state index contributed by atoms with van der Waals surface area (Å²) in [4.78, 5) is 11.6. The van der Waals surface area contributed by atoms with Crippen molar-refractivity contribution in [1.82, 2.24) is 10.6 Å². The minimum atomic E-state index is -0.173. The molecule has 0 aliphatic carbocycles. The highest BCUT2D eigenvalue weighted by Gasteiger charge is 2.25. The summed E-state index contributed by atoms with van der Waals surface area (Å²) >= 11 is 0. The van der Waals surface area contributed by atoms with Gasteiger partial charge in [-0.3, -0.25) is 4.79 Å². The summed E-state index contributed by atoms with van der Waals surface area (Å²) in [6.07, 6.45) is 3.39. The lowest BCUT2D eigenvalue weighted by molar-refractivity contribution is -0.144. The van der Waals surface area contributed by atoms with E-state index in [9.17, 15) is 4.79 Å². The molecule has 1 aliphatic heterocycles. The van der Waals surface area contributed by atoms with E-state index in [1.54, 1.807) is 0 Å². The molecule has 0 aromatic heterocycles. The molecule has 1 heterocycles. The van der Waals surface area contributed by atoms with Gasteiger partial charge in [0.1, 0.15) is 6.04 Å². The van der Waals surface area contributed by atoms with E-state index in [1.807, 2.05) is 13.8 Å². The first-order chi connectivity index (χ1) is 7.65.